The van der Waals surface area contributed by atoms with E-state index in [9.17, 15) is 19.8 Å². The van der Waals surface area contributed by atoms with Crippen LogP contribution in [0, 0.1) is 0 Å². The molecular weight excluding hydrogens is 360 g/mol. The minimum atomic E-state index is -1.11. The summed E-state index contributed by atoms with van der Waals surface area (Å²) in [5.74, 6) is -0.778. The van der Waals surface area contributed by atoms with E-state index in [1.165, 1.54) is 13.0 Å². The van der Waals surface area contributed by atoms with Crippen LogP contribution < -0.4 is 0 Å². The van der Waals surface area contributed by atoms with E-state index in [4.69, 9.17) is 9.47 Å². The Morgan fingerprint density at radius 2 is 1.64 bits per heavy atom. The molecule has 0 fully saturated rings. The average Bonchev–Trinajstić information content (AvgIpc) is 2.55. The Labute approximate surface area is 168 Å². The van der Waals surface area contributed by atoms with Gasteiger partial charge in [0.2, 0.25) is 0 Å². The molecule has 0 aromatic carbocycles. The molecule has 0 heterocycles. The smallest absolute Gasteiger partial charge is 0.309 e. The van der Waals surface area contributed by atoms with Gasteiger partial charge in [-0.25, -0.2) is 0 Å². The van der Waals surface area contributed by atoms with Crippen LogP contribution in [0.25, 0.3) is 0 Å². The molecule has 1 unspecified atom stereocenters. The van der Waals surface area contributed by atoms with Gasteiger partial charge in [-0.2, -0.15) is 0 Å². The second-order valence-electron chi connectivity index (χ2n) is 7.98. The molecule has 0 aliphatic heterocycles. The van der Waals surface area contributed by atoms with Crippen LogP contribution in [0.3, 0.4) is 0 Å². The SMILES string of the molecule is C=CC(C)(O)CCC=C(CCC=C(C)COC(C)=O)COC(=O)CC(C)(C)O. The minimum absolute atomic E-state index is 0.0765. The first kappa shape index (κ1) is 26.1. The lowest BCUT2D eigenvalue weighted by Gasteiger charge is -2.18. The highest BCUT2D eigenvalue weighted by atomic mass is 16.5. The first-order valence-electron chi connectivity index (χ1n) is 9.55. The Morgan fingerprint density at radius 1 is 1.00 bits per heavy atom. The number of esters is 2. The van der Waals surface area contributed by atoms with Crippen molar-refractivity contribution in [1.82, 2.24) is 0 Å². The molecule has 0 saturated carbocycles. The van der Waals surface area contributed by atoms with E-state index in [1.807, 2.05) is 19.1 Å². The topological polar surface area (TPSA) is 93.1 Å². The molecule has 1 atom stereocenters. The number of rotatable bonds is 13. The summed E-state index contributed by atoms with van der Waals surface area (Å²) in [4.78, 5) is 22.7. The van der Waals surface area contributed by atoms with E-state index >= 15 is 0 Å². The molecule has 0 aromatic rings. The molecule has 0 spiro atoms. The van der Waals surface area contributed by atoms with E-state index in [1.54, 1.807) is 20.8 Å². The summed E-state index contributed by atoms with van der Waals surface area (Å²) >= 11 is 0. The number of carbonyl (C=O) groups is 2. The monoisotopic (exact) mass is 396 g/mol. The normalized spacial score (nSPS) is 15.0. The van der Waals surface area contributed by atoms with Crippen molar-refractivity contribution in [2.75, 3.05) is 13.2 Å². The van der Waals surface area contributed by atoms with Gasteiger partial charge in [-0.05, 0) is 64.5 Å². The van der Waals surface area contributed by atoms with Gasteiger partial charge in [0.15, 0.2) is 0 Å². The predicted octanol–water partition coefficient (Wildman–Crippen LogP) is 3.62. The van der Waals surface area contributed by atoms with Crippen molar-refractivity contribution in [3.63, 3.8) is 0 Å². The molecule has 160 valence electrons. The molecule has 0 aliphatic carbocycles. The third kappa shape index (κ3) is 15.2. The van der Waals surface area contributed by atoms with Crippen LogP contribution >= 0.6 is 0 Å². The van der Waals surface area contributed by atoms with Crippen molar-refractivity contribution >= 4 is 11.9 Å². The third-order valence-electron chi connectivity index (χ3n) is 3.98. The summed E-state index contributed by atoms with van der Waals surface area (Å²) in [5.41, 5.74) is -0.177. The van der Waals surface area contributed by atoms with Gasteiger partial charge in [-0.15, -0.1) is 6.58 Å². The van der Waals surface area contributed by atoms with Crippen LogP contribution in [0.2, 0.25) is 0 Å². The van der Waals surface area contributed by atoms with Gasteiger partial charge < -0.3 is 19.7 Å². The van der Waals surface area contributed by atoms with Crippen molar-refractivity contribution in [3.8, 4) is 0 Å². The molecule has 0 radical (unpaired) electrons. The first-order valence-corrected chi connectivity index (χ1v) is 9.55. The van der Waals surface area contributed by atoms with Gasteiger partial charge in [-0.3, -0.25) is 9.59 Å². The molecule has 6 heteroatoms. The highest BCUT2D eigenvalue weighted by Gasteiger charge is 2.19. The Balaban J connectivity index is 4.79. The quantitative estimate of drug-likeness (QED) is 0.365. The van der Waals surface area contributed by atoms with E-state index in [2.05, 4.69) is 6.58 Å². The van der Waals surface area contributed by atoms with Gasteiger partial charge in [0.05, 0.1) is 17.6 Å². The molecule has 2 N–H and O–H groups in total. The van der Waals surface area contributed by atoms with Gasteiger partial charge in [0.25, 0.3) is 0 Å². The van der Waals surface area contributed by atoms with Gasteiger partial charge in [0.1, 0.15) is 13.2 Å². The van der Waals surface area contributed by atoms with E-state index in [-0.39, 0.29) is 25.6 Å². The second-order valence-corrected chi connectivity index (χ2v) is 7.98. The minimum Gasteiger partial charge on any atom is -0.461 e. The fourth-order valence-electron chi connectivity index (χ4n) is 2.26. The molecule has 0 amide bonds. The summed E-state index contributed by atoms with van der Waals surface area (Å²) in [5, 5.41) is 19.7. The summed E-state index contributed by atoms with van der Waals surface area (Å²) in [6.45, 7) is 12.1. The molecule has 0 bridgehead atoms. The van der Waals surface area contributed by atoms with Crippen molar-refractivity contribution < 1.29 is 29.3 Å². The Bertz CT molecular complexity index is 578. The zero-order valence-electron chi connectivity index (χ0n) is 17.9. The molecule has 6 nitrogen and oxygen atoms in total. The lowest BCUT2D eigenvalue weighted by atomic mass is 9.98. The Kier molecular flexibility index (Phi) is 11.7. The van der Waals surface area contributed by atoms with Crippen molar-refractivity contribution in [1.29, 1.82) is 0 Å². The van der Waals surface area contributed by atoms with Crippen LogP contribution in [0.4, 0.5) is 0 Å². The van der Waals surface area contributed by atoms with Crippen molar-refractivity contribution in [3.05, 3.63) is 36.0 Å². The largest absolute Gasteiger partial charge is 0.461 e. The maximum absolute atomic E-state index is 11.9. The van der Waals surface area contributed by atoms with Crippen molar-refractivity contribution in [2.24, 2.45) is 0 Å². The second kappa shape index (κ2) is 12.5. The summed E-state index contributed by atoms with van der Waals surface area (Å²) in [6, 6.07) is 0. The molecular formula is C22H36O6. The molecule has 0 aliphatic rings. The summed E-state index contributed by atoms with van der Waals surface area (Å²) < 4.78 is 10.2. The first-order chi connectivity index (χ1) is 12.8. The van der Waals surface area contributed by atoms with Gasteiger partial charge >= 0.3 is 11.9 Å². The molecule has 0 saturated heterocycles. The third-order valence-corrected chi connectivity index (χ3v) is 3.98. The van der Waals surface area contributed by atoms with Crippen LogP contribution in [0.15, 0.2) is 36.0 Å². The molecule has 0 rings (SSSR count). The fraction of sp³-hybridized carbons (Fsp3) is 0.636. The lowest BCUT2D eigenvalue weighted by molar-refractivity contribution is -0.147. The zero-order chi connectivity index (χ0) is 21.8. The van der Waals surface area contributed by atoms with Crippen LogP contribution in [-0.2, 0) is 19.1 Å². The van der Waals surface area contributed by atoms with Gasteiger partial charge in [-0.1, -0.05) is 18.2 Å². The van der Waals surface area contributed by atoms with E-state index < -0.39 is 17.2 Å². The van der Waals surface area contributed by atoms with Crippen LogP contribution in [-0.4, -0.2) is 46.6 Å². The molecule has 28 heavy (non-hydrogen) atoms. The number of hydrogen-bond acceptors (Lipinski definition) is 6. The summed E-state index contributed by atoms with van der Waals surface area (Å²) in [6.07, 6.45) is 7.88. The van der Waals surface area contributed by atoms with Crippen molar-refractivity contribution in [2.45, 2.75) is 77.9 Å². The van der Waals surface area contributed by atoms with Crippen LogP contribution in [0.5, 0.6) is 0 Å². The number of allylic oxidation sites excluding steroid dienone is 2. The predicted molar refractivity (Wildman–Crippen MR) is 110 cm³/mol. The molecule has 0 aromatic heterocycles. The van der Waals surface area contributed by atoms with E-state index in [0.717, 1.165) is 11.1 Å². The highest BCUT2D eigenvalue weighted by Crippen LogP contribution is 2.17. The van der Waals surface area contributed by atoms with E-state index in [0.29, 0.717) is 25.7 Å². The number of ether oxygens (including phenoxy) is 2. The summed E-state index contributed by atoms with van der Waals surface area (Å²) in [7, 11) is 0. The number of hydrogen-bond donors (Lipinski definition) is 2. The van der Waals surface area contributed by atoms with Gasteiger partial charge in [0, 0.05) is 6.92 Å². The maximum Gasteiger partial charge on any atom is 0.309 e. The maximum atomic E-state index is 11.9. The Morgan fingerprint density at radius 3 is 2.18 bits per heavy atom. The number of carbonyl (C=O) groups excluding carboxylic acids is 2. The fourth-order valence-corrected chi connectivity index (χ4v) is 2.26. The standard InChI is InChI=1S/C22H36O6/c1-7-22(6,26)13-9-12-19(16-28-20(24)14-21(4,5)25)11-8-10-17(2)15-27-18(3)23/h7,10,12,25-26H,1,8-9,11,13-16H2,2-6H3. The zero-order valence-corrected chi connectivity index (χ0v) is 17.9. The highest BCUT2D eigenvalue weighted by molar-refractivity contribution is 5.70. The number of aliphatic hydroxyl groups is 2. The Hall–Kier alpha value is -1.92. The average molecular weight is 397 g/mol. The lowest BCUT2D eigenvalue weighted by Crippen LogP contribution is -2.25. The van der Waals surface area contributed by atoms with Crippen LogP contribution in [0.1, 0.15) is 66.7 Å².